The van der Waals surface area contributed by atoms with Crippen LogP contribution in [-0.4, -0.2) is 117 Å². The summed E-state index contributed by atoms with van der Waals surface area (Å²) in [6, 6.07) is 23.9. The van der Waals surface area contributed by atoms with Crippen LogP contribution in [0.3, 0.4) is 0 Å². The van der Waals surface area contributed by atoms with Crippen molar-refractivity contribution in [2.24, 2.45) is 17.9 Å². The number of nitrogens with zero attached hydrogens (tertiary/aromatic N) is 5. The van der Waals surface area contributed by atoms with E-state index in [0.717, 1.165) is 54.1 Å². The molecule has 18 nitrogen and oxygen atoms in total. The molecule has 7 amide bonds. The van der Waals surface area contributed by atoms with Crippen LogP contribution in [-0.2, 0) is 26.8 Å². The predicted octanol–water partition coefficient (Wildman–Crippen LogP) is 7.27. The van der Waals surface area contributed by atoms with E-state index in [1.807, 2.05) is 54.3 Å². The Hall–Kier alpha value is -7.99. The van der Waals surface area contributed by atoms with Crippen molar-refractivity contribution in [2.45, 2.75) is 92.5 Å². The summed E-state index contributed by atoms with van der Waals surface area (Å²) in [5.41, 5.74) is 5.54. The van der Waals surface area contributed by atoms with Gasteiger partial charge in [-0.1, -0.05) is 78.8 Å². The number of hydrogen-bond acceptors (Lipinski definition) is 12. The monoisotopic (exact) mass is 1050 g/mol. The van der Waals surface area contributed by atoms with Crippen LogP contribution >= 0.6 is 0 Å². The average molecular weight is 1050 g/mol. The summed E-state index contributed by atoms with van der Waals surface area (Å²) >= 11 is 0. The SMILES string of the molecule is Cc1c(NC(=O)c2ccc(C(C)(C)C)cc2)cccc1-c1cn(C)c(=O)c(Nc2ccc(C(=O)N3CCN(CC(C)(C)CC(C)(C)CCNC(=O)CNc4cccc5c4C(=O)N(C4CCC(=O)NC4=O)C5=O)CC3)cc2)n1. The largest absolute Gasteiger partial charge is 0.375 e. The molecule has 1 atom stereocenters. The first-order chi connectivity index (χ1) is 36.4. The molecule has 77 heavy (non-hydrogen) atoms. The summed E-state index contributed by atoms with van der Waals surface area (Å²) in [6.07, 6.45) is 3.34. The Labute approximate surface area is 449 Å². The van der Waals surface area contributed by atoms with Crippen molar-refractivity contribution in [1.82, 2.24) is 34.9 Å². The molecule has 0 spiro atoms. The normalized spacial score (nSPS) is 16.2. The first kappa shape index (κ1) is 55.2. The lowest BCUT2D eigenvalue weighted by Crippen LogP contribution is -2.54. The Morgan fingerprint density at radius 3 is 2.06 bits per heavy atom. The number of amides is 7. The van der Waals surface area contributed by atoms with Gasteiger partial charge in [0.15, 0.2) is 5.82 Å². The van der Waals surface area contributed by atoms with Gasteiger partial charge in [-0.2, -0.15) is 0 Å². The Morgan fingerprint density at radius 2 is 1.40 bits per heavy atom. The van der Waals surface area contributed by atoms with Crippen molar-refractivity contribution in [3.8, 4) is 11.3 Å². The summed E-state index contributed by atoms with van der Waals surface area (Å²) in [5, 5.41) is 14.4. The highest BCUT2D eigenvalue weighted by atomic mass is 16.2. The molecule has 0 bridgehead atoms. The van der Waals surface area contributed by atoms with Gasteiger partial charge < -0.3 is 30.7 Å². The third-order valence-electron chi connectivity index (χ3n) is 14.6. The Bertz CT molecular complexity index is 3190. The molecule has 404 valence electrons. The number of carbonyl (C=O) groups is 7. The van der Waals surface area contributed by atoms with Crippen LogP contribution in [0.5, 0.6) is 0 Å². The third-order valence-corrected chi connectivity index (χ3v) is 14.6. The number of anilines is 4. The molecule has 18 heteroatoms. The Morgan fingerprint density at radius 1 is 0.753 bits per heavy atom. The van der Waals surface area contributed by atoms with Gasteiger partial charge in [-0.3, -0.25) is 53.5 Å². The van der Waals surface area contributed by atoms with E-state index in [9.17, 15) is 38.4 Å². The minimum Gasteiger partial charge on any atom is -0.375 e. The van der Waals surface area contributed by atoms with E-state index in [-0.39, 0.29) is 75.9 Å². The van der Waals surface area contributed by atoms with Gasteiger partial charge in [-0.05, 0) is 108 Å². The number of benzene rings is 4. The number of imide groups is 2. The van der Waals surface area contributed by atoms with Crippen molar-refractivity contribution in [3.05, 3.63) is 135 Å². The average Bonchev–Trinajstić information content (AvgIpc) is 3.67. The van der Waals surface area contributed by atoms with Gasteiger partial charge in [-0.25, -0.2) is 4.98 Å². The van der Waals surface area contributed by atoms with Gasteiger partial charge in [-0.15, -0.1) is 0 Å². The highest BCUT2D eigenvalue weighted by molar-refractivity contribution is 6.25. The van der Waals surface area contributed by atoms with E-state index in [1.54, 1.807) is 49.6 Å². The third kappa shape index (κ3) is 12.8. The fraction of sp³-hybridized carbons (Fsp3) is 0.407. The molecule has 4 heterocycles. The van der Waals surface area contributed by atoms with Crippen molar-refractivity contribution >= 4 is 64.2 Å². The summed E-state index contributed by atoms with van der Waals surface area (Å²) in [4.78, 5) is 114. The second-order valence-electron chi connectivity index (χ2n) is 23.1. The first-order valence-electron chi connectivity index (χ1n) is 26.2. The molecule has 3 aliphatic rings. The molecule has 1 aromatic heterocycles. The maximum Gasteiger partial charge on any atom is 0.293 e. The standard InChI is InChI=1S/C59H70N10O8/c1-36-41(12-10-14-43(36)64-51(72)37-16-20-39(21-17-37)57(2,3)4)45-33-66(9)56(77)50(63-45)62-40-22-18-38(19-23-40)53(74)68-30-28-67(29-31-68)35-59(7,8)34-58(5,6)26-27-60-48(71)32-61-44-15-11-13-42-49(44)55(76)69(54(42)75)46-24-25-47(70)65-52(46)73/h10-23,33,46,61H,24-32,34-35H2,1-9H3,(H,60,71)(H,62,63)(H,64,72)(H,65,70,73). The van der Waals surface area contributed by atoms with E-state index >= 15 is 0 Å². The number of carbonyl (C=O) groups excluding carboxylic acids is 7. The fourth-order valence-electron chi connectivity index (χ4n) is 10.8. The molecule has 5 N–H and O–H groups in total. The number of fused-ring (bicyclic) bond motifs is 1. The zero-order valence-electron chi connectivity index (χ0n) is 45.5. The maximum absolute atomic E-state index is 13.7. The van der Waals surface area contributed by atoms with Gasteiger partial charge in [0, 0.05) is 92.7 Å². The van der Waals surface area contributed by atoms with Crippen LogP contribution in [0.2, 0.25) is 0 Å². The zero-order valence-corrected chi connectivity index (χ0v) is 45.5. The van der Waals surface area contributed by atoms with E-state index in [0.29, 0.717) is 53.5 Å². The molecule has 0 aliphatic carbocycles. The predicted molar refractivity (Wildman–Crippen MR) is 296 cm³/mol. The molecule has 0 radical (unpaired) electrons. The lowest BCUT2D eigenvalue weighted by Gasteiger charge is -2.41. The quantitative estimate of drug-likeness (QED) is 0.0580. The molecule has 0 saturated carbocycles. The van der Waals surface area contributed by atoms with Crippen LogP contribution in [0.25, 0.3) is 11.3 Å². The topological polar surface area (TPSA) is 224 Å². The van der Waals surface area contributed by atoms with E-state index in [2.05, 4.69) is 80.0 Å². The lowest BCUT2D eigenvalue weighted by molar-refractivity contribution is -0.136. The molecule has 8 rings (SSSR count). The molecular weight excluding hydrogens is 977 g/mol. The van der Waals surface area contributed by atoms with Crippen LogP contribution in [0, 0.1) is 17.8 Å². The molecule has 2 saturated heterocycles. The van der Waals surface area contributed by atoms with Crippen molar-refractivity contribution in [3.63, 3.8) is 0 Å². The number of hydrogen-bond donors (Lipinski definition) is 5. The summed E-state index contributed by atoms with van der Waals surface area (Å²) in [7, 11) is 1.66. The second-order valence-corrected chi connectivity index (χ2v) is 23.1. The number of rotatable bonds is 17. The molecule has 3 aliphatic heterocycles. The highest BCUT2D eigenvalue weighted by Gasteiger charge is 2.46. The fourth-order valence-corrected chi connectivity index (χ4v) is 10.8. The second kappa shape index (κ2) is 22.3. The number of piperazine rings is 1. The maximum atomic E-state index is 13.7. The number of aromatic nitrogens is 2. The van der Waals surface area contributed by atoms with Crippen LogP contribution < -0.4 is 32.1 Å². The Balaban J connectivity index is 0.783. The Kier molecular flexibility index (Phi) is 16.0. The summed E-state index contributed by atoms with van der Waals surface area (Å²) in [6.45, 7) is 20.9. The van der Waals surface area contributed by atoms with Crippen molar-refractivity contribution < 1.29 is 33.6 Å². The van der Waals surface area contributed by atoms with E-state index in [4.69, 9.17) is 4.98 Å². The molecule has 5 aromatic rings. The smallest absolute Gasteiger partial charge is 0.293 e. The molecule has 1 unspecified atom stereocenters. The van der Waals surface area contributed by atoms with Gasteiger partial charge in [0.25, 0.3) is 29.2 Å². The number of aryl methyl sites for hydroxylation is 1. The lowest BCUT2D eigenvalue weighted by atomic mass is 9.73. The zero-order chi connectivity index (χ0) is 55.6. The summed E-state index contributed by atoms with van der Waals surface area (Å²) < 4.78 is 1.47. The van der Waals surface area contributed by atoms with E-state index < -0.39 is 29.7 Å². The van der Waals surface area contributed by atoms with Crippen LogP contribution in [0.4, 0.5) is 22.9 Å². The van der Waals surface area contributed by atoms with Gasteiger partial charge in [0.1, 0.15) is 6.04 Å². The van der Waals surface area contributed by atoms with Gasteiger partial charge >= 0.3 is 0 Å². The minimum absolute atomic E-state index is 0.0202. The summed E-state index contributed by atoms with van der Waals surface area (Å²) in [5.74, 6) is -2.85. The van der Waals surface area contributed by atoms with Crippen LogP contribution in [0.15, 0.2) is 95.9 Å². The first-order valence-corrected chi connectivity index (χ1v) is 26.2. The number of nitrogens with one attached hydrogen (secondary N) is 5. The van der Waals surface area contributed by atoms with Crippen molar-refractivity contribution in [2.75, 3.05) is 61.8 Å². The minimum atomic E-state index is -1.08. The molecule has 2 fully saturated rings. The van der Waals surface area contributed by atoms with E-state index in [1.165, 1.54) is 10.6 Å². The van der Waals surface area contributed by atoms with Crippen molar-refractivity contribution in [1.29, 1.82) is 0 Å². The number of piperidine rings is 1. The molecule has 4 aromatic carbocycles. The highest BCUT2D eigenvalue weighted by Crippen LogP contribution is 2.37. The van der Waals surface area contributed by atoms with Gasteiger partial charge in [0.2, 0.25) is 17.7 Å². The molecular formula is C59H70N10O8. The van der Waals surface area contributed by atoms with Gasteiger partial charge in [0.05, 0.1) is 23.4 Å². The van der Waals surface area contributed by atoms with Crippen LogP contribution in [0.1, 0.15) is 127 Å².